The third-order valence-electron chi connectivity index (χ3n) is 5.24. The lowest BCUT2D eigenvalue weighted by molar-refractivity contribution is -0.192. The third kappa shape index (κ3) is 7.98. The van der Waals surface area contributed by atoms with Gasteiger partial charge in [-0.05, 0) is 53.4 Å². The molecule has 0 aliphatic rings. The Bertz CT molecular complexity index is 1420. The van der Waals surface area contributed by atoms with E-state index in [1.807, 2.05) is 48.5 Å². The monoisotopic (exact) mass is 560 g/mol. The van der Waals surface area contributed by atoms with Crippen LogP contribution in [0.3, 0.4) is 0 Å². The van der Waals surface area contributed by atoms with E-state index < -0.39 is 30.1 Å². The van der Waals surface area contributed by atoms with Gasteiger partial charge >= 0.3 is 18.1 Å². The molecule has 4 N–H and O–H groups in total. The molecule has 0 fully saturated rings. The second-order valence-electron chi connectivity index (χ2n) is 8.46. The number of hydrogen-bond acceptors (Lipinski definition) is 7. The van der Waals surface area contributed by atoms with Gasteiger partial charge in [0.2, 0.25) is 0 Å². The number of carbonyl (C=O) groups excluding carboxylic acids is 1. The lowest BCUT2D eigenvalue weighted by Crippen LogP contribution is -2.44. The van der Waals surface area contributed by atoms with Gasteiger partial charge in [0.15, 0.2) is 10.8 Å². The number of rotatable bonds is 7. The Labute approximate surface area is 224 Å². The van der Waals surface area contributed by atoms with Crippen molar-refractivity contribution in [1.29, 1.82) is 0 Å². The number of carboxylic acid groups (broad SMARTS) is 2. The second-order valence-corrected chi connectivity index (χ2v) is 9.49. The number of carboxylic acids is 2. The molecule has 4 rings (SSSR count). The Balaban J connectivity index is 0.000000532. The van der Waals surface area contributed by atoms with E-state index in [0.29, 0.717) is 5.56 Å². The number of halogens is 3. The normalized spacial score (nSPS) is 11.8. The van der Waals surface area contributed by atoms with E-state index >= 15 is 0 Å². The summed E-state index contributed by atoms with van der Waals surface area (Å²) in [5, 5.41) is 23.0. The average Bonchev–Trinajstić information content (AvgIpc) is 3.29. The number of nitrogens with one attached hydrogen (secondary N) is 2. The SMILES string of the molecule is CC(C)[C@H](NC(=O)c1ccc(-c2ccc(Nc3nc4ncccc4s3)cc2)cc1)C(=O)O.O=C(O)C(F)(F)F. The van der Waals surface area contributed by atoms with Gasteiger partial charge in [0.25, 0.3) is 5.91 Å². The highest BCUT2D eigenvalue weighted by atomic mass is 32.1. The summed E-state index contributed by atoms with van der Waals surface area (Å²) in [6.07, 6.45) is -3.36. The molecule has 9 nitrogen and oxygen atoms in total. The van der Waals surface area contributed by atoms with Gasteiger partial charge in [-0.2, -0.15) is 18.2 Å². The number of alkyl halides is 3. The maximum absolute atomic E-state index is 12.4. The van der Waals surface area contributed by atoms with Crippen LogP contribution in [0.1, 0.15) is 24.2 Å². The van der Waals surface area contributed by atoms with Gasteiger partial charge in [-0.25, -0.2) is 14.6 Å². The minimum atomic E-state index is -5.08. The predicted molar refractivity (Wildman–Crippen MR) is 140 cm³/mol. The molecule has 2 aromatic heterocycles. The van der Waals surface area contributed by atoms with Crippen molar-refractivity contribution in [3.05, 3.63) is 72.4 Å². The molecule has 39 heavy (non-hydrogen) atoms. The smallest absolute Gasteiger partial charge is 0.480 e. The standard InChI is InChI=1S/C24H22N4O3S.C2HF3O2/c1-14(2)20(23(30)31)27-22(29)17-7-5-15(6-8-17)16-9-11-18(12-10-16)26-24-28-21-19(32-24)4-3-13-25-21;3-2(4,5)1(6)7/h3-14,20H,1-2H3,(H,27,29)(H,30,31)(H,25,26,28);(H,6,7)/t20-;/m0./s1. The van der Waals surface area contributed by atoms with Crippen molar-refractivity contribution in [2.24, 2.45) is 5.92 Å². The Morgan fingerprint density at radius 1 is 0.923 bits per heavy atom. The summed E-state index contributed by atoms with van der Waals surface area (Å²) in [6.45, 7) is 3.52. The van der Waals surface area contributed by atoms with Gasteiger partial charge in [0.05, 0.1) is 4.70 Å². The Morgan fingerprint density at radius 3 is 1.97 bits per heavy atom. The molecule has 0 spiro atoms. The van der Waals surface area contributed by atoms with E-state index in [9.17, 15) is 27.9 Å². The van der Waals surface area contributed by atoms with Crippen LogP contribution in [0, 0.1) is 5.92 Å². The summed E-state index contributed by atoms with van der Waals surface area (Å²) in [5.41, 5.74) is 4.01. The predicted octanol–water partition coefficient (Wildman–Crippen LogP) is 5.57. The first-order valence-electron chi connectivity index (χ1n) is 11.4. The molecule has 4 aromatic rings. The maximum Gasteiger partial charge on any atom is 0.490 e. The molecule has 0 unspecified atom stereocenters. The van der Waals surface area contributed by atoms with Crippen molar-refractivity contribution in [3.63, 3.8) is 0 Å². The summed E-state index contributed by atoms with van der Waals surface area (Å²) < 4.78 is 32.8. The van der Waals surface area contributed by atoms with Crippen molar-refractivity contribution >= 4 is 50.3 Å². The number of anilines is 2. The average molecular weight is 561 g/mol. The van der Waals surface area contributed by atoms with E-state index in [0.717, 1.165) is 32.3 Å². The first-order chi connectivity index (χ1) is 18.3. The van der Waals surface area contributed by atoms with Crippen molar-refractivity contribution < 1.29 is 37.8 Å². The molecule has 2 heterocycles. The minimum absolute atomic E-state index is 0.207. The molecule has 0 bridgehead atoms. The number of nitrogens with zero attached hydrogens (tertiary/aromatic N) is 2. The molecule has 0 aliphatic heterocycles. The zero-order chi connectivity index (χ0) is 28.7. The fraction of sp³-hybridized carbons (Fsp3) is 0.192. The first-order valence-corrected chi connectivity index (χ1v) is 12.2. The molecule has 2 aromatic carbocycles. The molecular weight excluding hydrogens is 537 g/mol. The molecule has 0 saturated carbocycles. The highest BCUT2D eigenvalue weighted by Gasteiger charge is 2.38. The van der Waals surface area contributed by atoms with Crippen LogP contribution in [0.2, 0.25) is 0 Å². The van der Waals surface area contributed by atoms with Crippen LogP contribution in [0.25, 0.3) is 21.5 Å². The van der Waals surface area contributed by atoms with E-state index in [1.54, 1.807) is 43.5 Å². The van der Waals surface area contributed by atoms with Crippen LogP contribution in [0.5, 0.6) is 0 Å². The highest BCUT2D eigenvalue weighted by molar-refractivity contribution is 7.22. The van der Waals surface area contributed by atoms with Crippen LogP contribution in [0.4, 0.5) is 24.0 Å². The van der Waals surface area contributed by atoms with Crippen molar-refractivity contribution in [2.75, 3.05) is 5.32 Å². The minimum Gasteiger partial charge on any atom is -0.480 e. The summed E-state index contributed by atoms with van der Waals surface area (Å²) in [6, 6.07) is 18.0. The molecular formula is C26H23F3N4O5S. The third-order valence-corrected chi connectivity index (χ3v) is 6.17. The van der Waals surface area contributed by atoms with E-state index in [2.05, 4.69) is 20.6 Å². The van der Waals surface area contributed by atoms with Gasteiger partial charge in [-0.3, -0.25) is 4.79 Å². The summed E-state index contributed by atoms with van der Waals surface area (Å²) >= 11 is 1.55. The Morgan fingerprint density at radius 2 is 1.49 bits per heavy atom. The second kappa shape index (κ2) is 12.3. The van der Waals surface area contributed by atoms with Gasteiger partial charge < -0.3 is 20.8 Å². The quantitative estimate of drug-likeness (QED) is 0.230. The van der Waals surface area contributed by atoms with Gasteiger partial charge in [0, 0.05) is 17.4 Å². The maximum atomic E-state index is 12.4. The molecule has 0 saturated heterocycles. The Hall–Kier alpha value is -4.52. The fourth-order valence-electron chi connectivity index (χ4n) is 3.24. The number of aromatic nitrogens is 2. The van der Waals surface area contributed by atoms with Crippen LogP contribution in [-0.2, 0) is 9.59 Å². The van der Waals surface area contributed by atoms with E-state index in [-0.39, 0.29) is 5.92 Å². The molecule has 0 radical (unpaired) electrons. The van der Waals surface area contributed by atoms with Crippen molar-refractivity contribution in [1.82, 2.24) is 15.3 Å². The summed E-state index contributed by atoms with van der Waals surface area (Å²) in [5.74, 6) is -4.40. The van der Waals surface area contributed by atoms with Crippen LogP contribution < -0.4 is 10.6 Å². The lowest BCUT2D eigenvalue weighted by Gasteiger charge is -2.18. The van der Waals surface area contributed by atoms with E-state index in [4.69, 9.17) is 9.90 Å². The first kappa shape index (κ1) is 29.0. The largest absolute Gasteiger partial charge is 0.490 e. The summed E-state index contributed by atoms with van der Waals surface area (Å²) in [7, 11) is 0. The fourth-order valence-corrected chi connectivity index (χ4v) is 4.09. The number of fused-ring (bicyclic) bond motifs is 1. The number of amides is 1. The number of hydrogen-bond donors (Lipinski definition) is 4. The zero-order valence-corrected chi connectivity index (χ0v) is 21.4. The van der Waals surface area contributed by atoms with Crippen LogP contribution in [0.15, 0.2) is 66.9 Å². The zero-order valence-electron chi connectivity index (χ0n) is 20.6. The number of pyridine rings is 1. The number of aliphatic carboxylic acids is 2. The number of benzene rings is 2. The lowest BCUT2D eigenvalue weighted by atomic mass is 10.0. The number of carbonyl (C=O) groups is 3. The van der Waals surface area contributed by atoms with Crippen LogP contribution >= 0.6 is 11.3 Å². The molecule has 204 valence electrons. The topological polar surface area (TPSA) is 142 Å². The van der Waals surface area contributed by atoms with Gasteiger partial charge in [0.1, 0.15) is 6.04 Å². The van der Waals surface area contributed by atoms with E-state index in [1.165, 1.54) is 0 Å². The van der Waals surface area contributed by atoms with Crippen LogP contribution in [-0.4, -0.2) is 50.2 Å². The van der Waals surface area contributed by atoms with Crippen molar-refractivity contribution in [3.8, 4) is 11.1 Å². The van der Waals surface area contributed by atoms with Crippen molar-refractivity contribution in [2.45, 2.75) is 26.1 Å². The Kier molecular flexibility index (Phi) is 9.20. The molecule has 1 amide bonds. The molecule has 1 atom stereocenters. The summed E-state index contributed by atoms with van der Waals surface area (Å²) in [4.78, 5) is 41.3. The molecule has 13 heteroatoms. The highest BCUT2D eigenvalue weighted by Crippen LogP contribution is 2.28. The number of thiazole rings is 1. The molecule has 0 aliphatic carbocycles. The van der Waals surface area contributed by atoms with Gasteiger partial charge in [-0.15, -0.1) is 0 Å². The van der Waals surface area contributed by atoms with Gasteiger partial charge in [-0.1, -0.05) is 49.4 Å².